The highest BCUT2D eigenvalue weighted by Crippen LogP contribution is 2.33. The molecule has 2 aromatic heterocycles. The van der Waals surface area contributed by atoms with Crippen LogP contribution < -0.4 is 16.0 Å². The van der Waals surface area contributed by atoms with Gasteiger partial charge in [-0.25, -0.2) is 18.3 Å². The van der Waals surface area contributed by atoms with Crippen LogP contribution in [0.2, 0.25) is 0 Å². The number of ether oxygens (including phenoxy) is 1. The topological polar surface area (TPSA) is 98.0 Å². The smallest absolute Gasteiger partial charge is 0.320 e. The van der Waals surface area contributed by atoms with E-state index in [-0.39, 0.29) is 12.1 Å². The first-order valence-corrected chi connectivity index (χ1v) is 14.2. The first-order valence-electron chi connectivity index (χ1n) is 14.2. The van der Waals surface area contributed by atoms with Crippen LogP contribution in [0.15, 0.2) is 72.9 Å². The van der Waals surface area contributed by atoms with E-state index in [2.05, 4.69) is 21.0 Å². The number of halogens is 2. The van der Waals surface area contributed by atoms with Crippen molar-refractivity contribution in [2.24, 2.45) is 7.05 Å². The van der Waals surface area contributed by atoms with Gasteiger partial charge in [-0.1, -0.05) is 30.3 Å². The van der Waals surface area contributed by atoms with Gasteiger partial charge in [0.15, 0.2) is 11.6 Å². The van der Waals surface area contributed by atoms with E-state index in [9.17, 15) is 13.6 Å². The van der Waals surface area contributed by atoms with E-state index >= 15 is 0 Å². The molecule has 43 heavy (non-hydrogen) atoms. The summed E-state index contributed by atoms with van der Waals surface area (Å²) >= 11 is 0. The number of methoxy groups -OCH3 is 1. The van der Waals surface area contributed by atoms with E-state index in [4.69, 9.17) is 9.84 Å². The van der Waals surface area contributed by atoms with Crippen molar-refractivity contribution in [1.82, 2.24) is 30.2 Å². The number of nitrogens with zero attached hydrogens (tertiary/aromatic N) is 4. The molecule has 6 rings (SSSR count). The summed E-state index contributed by atoms with van der Waals surface area (Å²) in [4.78, 5) is 13.6. The van der Waals surface area contributed by atoms with Crippen molar-refractivity contribution in [3.05, 3.63) is 95.7 Å². The molecule has 3 atom stereocenters. The fourth-order valence-corrected chi connectivity index (χ4v) is 5.81. The highest BCUT2D eigenvalue weighted by Gasteiger charge is 2.36. The molecule has 3 heterocycles. The molecule has 2 amide bonds. The predicted molar refractivity (Wildman–Crippen MR) is 161 cm³/mol. The minimum atomic E-state index is -0.928. The summed E-state index contributed by atoms with van der Waals surface area (Å²) in [7, 11) is 3.53. The second kappa shape index (κ2) is 11.9. The van der Waals surface area contributed by atoms with E-state index < -0.39 is 23.7 Å². The van der Waals surface area contributed by atoms with E-state index in [0.29, 0.717) is 30.8 Å². The number of hydrogen-bond donors (Lipinski definition) is 3. The second-order valence-electron chi connectivity index (χ2n) is 10.8. The number of urea groups is 1. The Balaban J connectivity index is 1.30. The number of aryl methyl sites for hydroxylation is 1. The molecule has 0 aliphatic carbocycles. The summed E-state index contributed by atoms with van der Waals surface area (Å²) < 4.78 is 36.6. The maximum Gasteiger partial charge on any atom is 0.320 e. The summed E-state index contributed by atoms with van der Waals surface area (Å²) in [6, 6.07) is 18.2. The van der Waals surface area contributed by atoms with Crippen molar-refractivity contribution in [3.63, 3.8) is 0 Å². The number of carbonyl (C=O) groups is 1. The third kappa shape index (κ3) is 5.73. The molecule has 0 spiro atoms. The van der Waals surface area contributed by atoms with Crippen molar-refractivity contribution in [2.45, 2.75) is 37.9 Å². The van der Waals surface area contributed by atoms with Crippen molar-refractivity contribution < 1.29 is 18.3 Å². The lowest BCUT2D eigenvalue weighted by Crippen LogP contribution is -2.41. The van der Waals surface area contributed by atoms with Crippen LogP contribution in [0.1, 0.15) is 30.0 Å². The van der Waals surface area contributed by atoms with Gasteiger partial charge in [0.2, 0.25) is 0 Å². The van der Waals surface area contributed by atoms with Gasteiger partial charge in [0, 0.05) is 43.3 Å². The summed E-state index contributed by atoms with van der Waals surface area (Å²) in [6.07, 6.45) is 3.11. The van der Waals surface area contributed by atoms with Crippen LogP contribution in [0.3, 0.4) is 0 Å². The lowest BCUT2D eigenvalue weighted by atomic mass is 9.99. The highest BCUT2D eigenvalue weighted by molar-refractivity contribution is 5.92. The number of anilines is 1. The number of nitrogens with one attached hydrogen (secondary N) is 3. The summed E-state index contributed by atoms with van der Waals surface area (Å²) in [5, 5.41) is 19.8. The molecule has 222 valence electrons. The SMILES string of the molecule is COCC[C@@H]1C[C@@H](NC(=O)Nc2c(C)c(-c3ccc4c(cnn4C)c3)nn2-c2ccccc2)[C@H](c2ccc(F)c(F)c2)N1. The van der Waals surface area contributed by atoms with Gasteiger partial charge >= 0.3 is 6.03 Å². The average Bonchev–Trinajstić information content (AvgIpc) is 3.69. The molecule has 11 heteroatoms. The predicted octanol–water partition coefficient (Wildman–Crippen LogP) is 5.64. The fourth-order valence-electron chi connectivity index (χ4n) is 5.81. The zero-order chi connectivity index (χ0) is 30.1. The minimum Gasteiger partial charge on any atom is -0.385 e. The molecule has 1 aliphatic rings. The Labute approximate surface area is 247 Å². The normalized spacial score (nSPS) is 18.3. The Hall–Kier alpha value is -4.61. The van der Waals surface area contributed by atoms with Crippen LogP contribution in [0.5, 0.6) is 0 Å². The van der Waals surface area contributed by atoms with Gasteiger partial charge < -0.3 is 15.4 Å². The van der Waals surface area contributed by atoms with Crippen molar-refractivity contribution >= 4 is 22.8 Å². The Morgan fingerprint density at radius 3 is 2.67 bits per heavy atom. The van der Waals surface area contributed by atoms with Crippen LogP contribution in [-0.2, 0) is 11.8 Å². The number of amides is 2. The number of hydrogen-bond acceptors (Lipinski definition) is 5. The van der Waals surface area contributed by atoms with Gasteiger partial charge in [-0.05, 0) is 61.7 Å². The van der Waals surface area contributed by atoms with E-state index in [0.717, 1.165) is 39.5 Å². The van der Waals surface area contributed by atoms with E-state index in [1.165, 1.54) is 6.07 Å². The van der Waals surface area contributed by atoms with Gasteiger partial charge in [-0.3, -0.25) is 10.00 Å². The monoisotopic (exact) mass is 585 g/mol. The fraction of sp³-hybridized carbons (Fsp3) is 0.281. The van der Waals surface area contributed by atoms with Crippen LogP contribution in [0.4, 0.5) is 19.4 Å². The standard InChI is InChI=1S/C32H33F2N7O2/c1-19-29(20-10-12-28-22(15-20)18-35-40(28)2)39-41(24-7-5-4-6-8-24)31(19)38-32(42)37-27-17-23(13-14-43-3)36-30(27)21-9-11-25(33)26(34)16-21/h4-12,15-16,18,23,27,30,36H,13-14,17H2,1-3H3,(H2,37,38,42)/t23-,27-,30+/m1/s1. The van der Waals surface area contributed by atoms with Crippen molar-refractivity contribution in [1.29, 1.82) is 0 Å². The third-order valence-corrected chi connectivity index (χ3v) is 8.02. The average molecular weight is 586 g/mol. The van der Waals surface area contributed by atoms with E-state index in [1.54, 1.807) is 17.9 Å². The summed E-state index contributed by atoms with van der Waals surface area (Å²) in [5.41, 5.74) is 4.77. The number of para-hydroxylation sites is 1. The molecular weight excluding hydrogens is 552 g/mol. The molecule has 0 radical (unpaired) electrons. The zero-order valence-corrected chi connectivity index (χ0v) is 24.1. The number of benzene rings is 3. The van der Waals surface area contributed by atoms with Crippen LogP contribution >= 0.6 is 0 Å². The van der Waals surface area contributed by atoms with E-state index in [1.807, 2.05) is 73.4 Å². The molecule has 0 bridgehead atoms. The lowest BCUT2D eigenvalue weighted by Gasteiger charge is -2.22. The minimum absolute atomic E-state index is 0.0222. The largest absolute Gasteiger partial charge is 0.385 e. The van der Waals surface area contributed by atoms with Gasteiger partial charge in [0.1, 0.15) is 5.82 Å². The maximum atomic E-state index is 14.2. The van der Waals surface area contributed by atoms with Crippen molar-refractivity contribution in [2.75, 3.05) is 19.0 Å². The molecule has 1 fully saturated rings. The molecule has 0 unspecified atom stereocenters. The van der Waals surface area contributed by atoms with Crippen molar-refractivity contribution in [3.8, 4) is 16.9 Å². The first kappa shape index (κ1) is 28.5. The number of fused-ring (bicyclic) bond motifs is 1. The molecule has 3 N–H and O–H groups in total. The molecular formula is C32H33F2N7O2. The highest BCUT2D eigenvalue weighted by atomic mass is 19.2. The third-order valence-electron chi connectivity index (χ3n) is 8.02. The molecule has 5 aromatic rings. The Bertz CT molecular complexity index is 1770. The summed E-state index contributed by atoms with van der Waals surface area (Å²) in [5.74, 6) is -1.32. The Morgan fingerprint density at radius 2 is 1.91 bits per heavy atom. The molecule has 3 aromatic carbocycles. The van der Waals surface area contributed by atoms with Gasteiger partial charge in [-0.2, -0.15) is 10.2 Å². The van der Waals surface area contributed by atoms with Crippen LogP contribution in [0.25, 0.3) is 27.8 Å². The molecule has 0 saturated carbocycles. The maximum absolute atomic E-state index is 14.2. The number of rotatable bonds is 8. The number of carbonyl (C=O) groups excluding carboxylic acids is 1. The first-order chi connectivity index (χ1) is 20.8. The molecule has 9 nitrogen and oxygen atoms in total. The number of aromatic nitrogens is 4. The molecule has 1 saturated heterocycles. The summed E-state index contributed by atoms with van der Waals surface area (Å²) in [6.45, 7) is 2.46. The molecule has 1 aliphatic heterocycles. The van der Waals surface area contributed by atoms with Gasteiger partial charge in [0.05, 0.1) is 35.2 Å². The quantitative estimate of drug-likeness (QED) is 0.219. The Morgan fingerprint density at radius 1 is 1.09 bits per heavy atom. The lowest BCUT2D eigenvalue weighted by molar-refractivity contribution is 0.184. The van der Waals surface area contributed by atoms with Gasteiger partial charge in [-0.15, -0.1) is 0 Å². The Kier molecular flexibility index (Phi) is 7.92. The van der Waals surface area contributed by atoms with Gasteiger partial charge in [0.25, 0.3) is 0 Å². The van der Waals surface area contributed by atoms with Crippen LogP contribution in [-0.4, -0.2) is 51.4 Å². The van der Waals surface area contributed by atoms with Crippen LogP contribution in [0, 0.1) is 18.6 Å². The zero-order valence-electron chi connectivity index (χ0n) is 24.1. The second-order valence-corrected chi connectivity index (χ2v) is 10.8.